The van der Waals surface area contributed by atoms with Crippen molar-refractivity contribution in [3.05, 3.63) is 23.8 Å². The van der Waals surface area contributed by atoms with Gasteiger partial charge in [0.1, 0.15) is 0 Å². The second-order valence-electron chi connectivity index (χ2n) is 7.06. The van der Waals surface area contributed by atoms with Crippen LogP contribution < -0.4 is 14.8 Å². The van der Waals surface area contributed by atoms with Crippen molar-refractivity contribution in [3.8, 4) is 11.5 Å². The number of rotatable bonds is 10. The third kappa shape index (κ3) is 6.15. The summed E-state index contributed by atoms with van der Waals surface area (Å²) in [5, 5.41) is 12.2. The lowest BCUT2D eigenvalue weighted by molar-refractivity contribution is -0.148. The number of carboxylic acid groups (broad SMARTS) is 1. The summed E-state index contributed by atoms with van der Waals surface area (Å²) < 4.78 is 11.1. The zero-order valence-corrected chi connectivity index (χ0v) is 16.3. The summed E-state index contributed by atoms with van der Waals surface area (Å²) in [6, 6.07) is 5.78. The third-order valence-corrected chi connectivity index (χ3v) is 5.12. The van der Waals surface area contributed by atoms with Crippen molar-refractivity contribution < 1.29 is 24.2 Å². The molecular formula is C21H31NO5. The highest BCUT2D eigenvalue weighted by atomic mass is 16.5. The number of nitrogens with one attached hydrogen (secondary N) is 1. The molecule has 1 aliphatic carbocycles. The van der Waals surface area contributed by atoms with E-state index in [0.29, 0.717) is 43.9 Å². The van der Waals surface area contributed by atoms with Crippen LogP contribution in [0.4, 0.5) is 0 Å². The van der Waals surface area contributed by atoms with Gasteiger partial charge in [0.05, 0.1) is 25.6 Å². The number of carbonyl (C=O) groups excluding carboxylic acids is 1. The van der Waals surface area contributed by atoms with Gasteiger partial charge >= 0.3 is 5.97 Å². The number of hydrogen-bond acceptors (Lipinski definition) is 4. The van der Waals surface area contributed by atoms with E-state index in [1.165, 1.54) is 0 Å². The number of unbranched alkanes of at least 4 members (excludes halogenated alkanes) is 1. The van der Waals surface area contributed by atoms with Crippen LogP contribution in [-0.2, 0) is 16.0 Å². The van der Waals surface area contributed by atoms with Gasteiger partial charge in [0.15, 0.2) is 11.5 Å². The Balaban J connectivity index is 1.89. The van der Waals surface area contributed by atoms with E-state index in [1.807, 2.05) is 18.2 Å². The molecule has 0 aromatic heterocycles. The Morgan fingerprint density at radius 2 is 1.93 bits per heavy atom. The number of hydrogen-bond donors (Lipinski definition) is 2. The van der Waals surface area contributed by atoms with E-state index >= 15 is 0 Å². The number of methoxy groups -OCH3 is 1. The molecule has 0 aliphatic heterocycles. The molecule has 6 nitrogen and oxygen atoms in total. The lowest BCUT2D eigenvalue weighted by Gasteiger charge is -2.27. The van der Waals surface area contributed by atoms with Gasteiger partial charge in [0, 0.05) is 6.54 Å². The number of ether oxygens (including phenoxy) is 2. The Morgan fingerprint density at radius 1 is 1.19 bits per heavy atom. The fraction of sp³-hybridized carbons (Fsp3) is 0.619. The number of aliphatic carboxylic acids is 1. The predicted octanol–water partition coefficient (Wildman–Crippen LogP) is 3.42. The molecule has 2 N–H and O–H groups in total. The maximum absolute atomic E-state index is 12.4. The van der Waals surface area contributed by atoms with Crippen molar-refractivity contribution in [2.45, 2.75) is 51.9 Å². The topological polar surface area (TPSA) is 84.9 Å². The quantitative estimate of drug-likeness (QED) is 0.610. The monoisotopic (exact) mass is 377 g/mol. The maximum atomic E-state index is 12.4. The highest BCUT2D eigenvalue weighted by molar-refractivity contribution is 5.84. The minimum Gasteiger partial charge on any atom is -0.493 e. The average Bonchev–Trinajstić information content (AvgIpc) is 2.68. The van der Waals surface area contributed by atoms with E-state index < -0.39 is 17.8 Å². The van der Waals surface area contributed by atoms with Crippen molar-refractivity contribution in [1.82, 2.24) is 5.32 Å². The van der Waals surface area contributed by atoms with Crippen molar-refractivity contribution in [2.75, 3.05) is 20.3 Å². The summed E-state index contributed by atoms with van der Waals surface area (Å²) in [4.78, 5) is 23.8. The largest absolute Gasteiger partial charge is 0.493 e. The van der Waals surface area contributed by atoms with Crippen LogP contribution in [0, 0.1) is 11.8 Å². The molecule has 2 rings (SSSR count). The molecule has 1 amide bonds. The number of carbonyl (C=O) groups is 2. The van der Waals surface area contributed by atoms with Crippen molar-refractivity contribution in [3.63, 3.8) is 0 Å². The highest BCUT2D eigenvalue weighted by Gasteiger charge is 2.35. The number of benzene rings is 1. The van der Waals surface area contributed by atoms with Gasteiger partial charge < -0.3 is 19.9 Å². The van der Waals surface area contributed by atoms with E-state index in [-0.39, 0.29) is 5.91 Å². The standard InChI is InChI=1S/C21H31NO5/c1-3-4-13-27-19-14-15(9-10-18(19)26-2)11-12-22-20(23)16-7-5-6-8-17(16)21(24)25/h9-10,14,16-17H,3-8,11-13H2,1-2H3,(H,22,23)(H,24,25). The van der Waals surface area contributed by atoms with Crippen LogP contribution in [0.15, 0.2) is 18.2 Å². The minimum atomic E-state index is -0.862. The summed E-state index contributed by atoms with van der Waals surface area (Å²) in [5.41, 5.74) is 1.04. The van der Waals surface area contributed by atoms with Crippen LogP contribution in [0.3, 0.4) is 0 Å². The second kappa shape index (κ2) is 10.8. The van der Waals surface area contributed by atoms with Gasteiger partial charge in [-0.05, 0) is 43.4 Å². The molecule has 27 heavy (non-hydrogen) atoms. The van der Waals surface area contributed by atoms with Gasteiger partial charge in [-0.3, -0.25) is 9.59 Å². The van der Waals surface area contributed by atoms with E-state index in [9.17, 15) is 14.7 Å². The molecule has 0 bridgehead atoms. The molecule has 0 saturated heterocycles. The summed E-state index contributed by atoms with van der Waals surface area (Å²) >= 11 is 0. The zero-order chi connectivity index (χ0) is 19.6. The van der Waals surface area contributed by atoms with Gasteiger partial charge in [-0.1, -0.05) is 32.3 Å². The Labute approximate surface area is 161 Å². The minimum absolute atomic E-state index is 0.143. The van der Waals surface area contributed by atoms with Crippen molar-refractivity contribution in [1.29, 1.82) is 0 Å². The van der Waals surface area contributed by atoms with Crippen molar-refractivity contribution in [2.24, 2.45) is 11.8 Å². The lowest BCUT2D eigenvalue weighted by atomic mass is 9.78. The first-order valence-corrected chi connectivity index (χ1v) is 9.87. The van der Waals surface area contributed by atoms with Gasteiger partial charge in [0.25, 0.3) is 0 Å². The molecule has 2 atom stereocenters. The molecule has 1 aliphatic rings. The molecule has 0 spiro atoms. The van der Waals surface area contributed by atoms with Crippen LogP contribution in [-0.4, -0.2) is 37.2 Å². The van der Waals surface area contributed by atoms with E-state index in [1.54, 1.807) is 7.11 Å². The van der Waals surface area contributed by atoms with Crippen LogP contribution >= 0.6 is 0 Å². The first-order chi connectivity index (χ1) is 13.1. The predicted molar refractivity (Wildman–Crippen MR) is 103 cm³/mol. The van der Waals surface area contributed by atoms with E-state index in [0.717, 1.165) is 31.2 Å². The third-order valence-electron chi connectivity index (χ3n) is 5.12. The SMILES string of the molecule is CCCCOc1cc(CCNC(=O)C2CCCCC2C(=O)O)ccc1OC. The van der Waals surface area contributed by atoms with E-state index in [2.05, 4.69) is 12.2 Å². The lowest BCUT2D eigenvalue weighted by Crippen LogP contribution is -2.40. The maximum Gasteiger partial charge on any atom is 0.307 e. The molecule has 1 aromatic rings. The summed E-state index contributed by atoms with van der Waals surface area (Å²) in [7, 11) is 1.62. The smallest absolute Gasteiger partial charge is 0.307 e. The molecular weight excluding hydrogens is 346 g/mol. The van der Waals surface area contributed by atoms with Crippen LogP contribution in [0.2, 0.25) is 0 Å². The van der Waals surface area contributed by atoms with Gasteiger partial charge in [-0.2, -0.15) is 0 Å². The molecule has 1 aromatic carbocycles. The first-order valence-electron chi connectivity index (χ1n) is 9.87. The molecule has 1 saturated carbocycles. The second-order valence-corrected chi connectivity index (χ2v) is 7.06. The van der Waals surface area contributed by atoms with Gasteiger partial charge in [-0.25, -0.2) is 0 Å². The fourth-order valence-electron chi connectivity index (χ4n) is 3.52. The molecule has 0 heterocycles. The van der Waals surface area contributed by atoms with E-state index in [4.69, 9.17) is 9.47 Å². The Kier molecular flexibility index (Phi) is 8.43. The van der Waals surface area contributed by atoms with Crippen molar-refractivity contribution >= 4 is 11.9 Å². The molecule has 1 fully saturated rings. The Morgan fingerprint density at radius 3 is 2.59 bits per heavy atom. The van der Waals surface area contributed by atoms with Crippen LogP contribution in [0.5, 0.6) is 11.5 Å². The zero-order valence-electron chi connectivity index (χ0n) is 16.3. The normalized spacial score (nSPS) is 19.3. The summed E-state index contributed by atoms with van der Waals surface area (Å²) in [6.07, 6.45) is 5.74. The first kappa shape index (κ1) is 21.1. The summed E-state index contributed by atoms with van der Waals surface area (Å²) in [5.74, 6) is -0.564. The molecule has 150 valence electrons. The average molecular weight is 377 g/mol. The Hall–Kier alpha value is -2.24. The van der Waals surface area contributed by atoms with Gasteiger partial charge in [-0.15, -0.1) is 0 Å². The van der Waals surface area contributed by atoms with Crippen LogP contribution in [0.25, 0.3) is 0 Å². The molecule has 0 radical (unpaired) electrons. The van der Waals surface area contributed by atoms with Crippen LogP contribution in [0.1, 0.15) is 51.0 Å². The number of carboxylic acids is 1. The van der Waals surface area contributed by atoms with Gasteiger partial charge in [0.2, 0.25) is 5.91 Å². The number of amides is 1. The fourth-order valence-corrected chi connectivity index (χ4v) is 3.52. The summed E-state index contributed by atoms with van der Waals surface area (Å²) in [6.45, 7) is 3.23. The Bertz CT molecular complexity index is 631. The molecule has 6 heteroatoms. The molecule has 2 unspecified atom stereocenters. The highest BCUT2D eigenvalue weighted by Crippen LogP contribution is 2.31.